The molecule has 0 spiro atoms. The smallest absolute Gasteiger partial charge is 0.0595 e. The van der Waals surface area contributed by atoms with Crippen molar-refractivity contribution in [3.05, 3.63) is 0 Å². The van der Waals surface area contributed by atoms with Crippen molar-refractivity contribution in [1.82, 2.24) is 4.90 Å². The van der Waals surface area contributed by atoms with E-state index in [-0.39, 0.29) is 5.54 Å². The van der Waals surface area contributed by atoms with Crippen molar-refractivity contribution in [1.29, 1.82) is 0 Å². The van der Waals surface area contributed by atoms with Crippen LogP contribution in [0.5, 0.6) is 0 Å². The number of ether oxygens (including phenoxy) is 1. The van der Waals surface area contributed by atoms with Gasteiger partial charge in [0.1, 0.15) is 0 Å². The summed E-state index contributed by atoms with van der Waals surface area (Å²) in [6.07, 6.45) is 6.37. The molecule has 2 N–H and O–H groups in total. The van der Waals surface area contributed by atoms with Gasteiger partial charge in [0, 0.05) is 32.3 Å². The Morgan fingerprint density at radius 1 is 1.31 bits per heavy atom. The topological polar surface area (TPSA) is 38.5 Å². The molecule has 1 aliphatic rings. The fraction of sp³-hybridized carbons (Fsp3) is 1.00. The number of piperidine rings is 1. The first-order valence-corrected chi connectivity index (χ1v) is 6.70. The molecule has 1 saturated heterocycles. The predicted octanol–water partition coefficient (Wildman–Crippen LogP) is 2.00. The zero-order valence-electron chi connectivity index (χ0n) is 11.2. The molecule has 1 aliphatic heterocycles. The molecule has 0 aromatic rings. The summed E-state index contributed by atoms with van der Waals surface area (Å²) >= 11 is 0. The number of nitrogens with zero attached hydrogens (tertiary/aromatic N) is 1. The summed E-state index contributed by atoms with van der Waals surface area (Å²) in [5.41, 5.74) is 6.27. The van der Waals surface area contributed by atoms with Crippen LogP contribution in [0.15, 0.2) is 0 Å². The van der Waals surface area contributed by atoms with E-state index in [1.807, 2.05) is 7.11 Å². The van der Waals surface area contributed by atoms with Crippen LogP contribution in [0, 0.1) is 0 Å². The largest absolute Gasteiger partial charge is 0.381 e. The van der Waals surface area contributed by atoms with Gasteiger partial charge in [0.05, 0.1) is 6.10 Å². The first kappa shape index (κ1) is 13.9. The zero-order valence-corrected chi connectivity index (χ0v) is 11.2. The summed E-state index contributed by atoms with van der Waals surface area (Å²) in [5, 5.41) is 0. The lowest BCUT2D eigenvalue weighted by Crippen LogP contribution is -2.56. The molecule has 1 fully saturated rings. The van der Waals surface area contributed by atoms with Gasteiger partial charge in [0.25, 0.3) is 0 Å². The lowest BCUT2D eigenvalue weighted by atomic mass is 9.86. The molecule has 0 amide bonds. The van der Waals surface area contributed by atoms with Crippen LogP contribution >= 0.6 is 0 Å². The van der Waals surface area contributed by atoms with Crippen LogP contribution < -0.4 is 5.73 Å². The molecule has 1 rings (SSSR count). The van der Waals surface area contributed by atoms with E-state index in [9.17, 15) is 0 Å². The molecule has 96 valence electrons. The molecule has 1 atom stereocenters. The molecule has 0 aromatic heterocycles. The second kappa shape index (κ2) is 6.58. The fourth-order valence-electron chi connectivity index (χ4n) is 2.97. The van der Waals surface area contributed by atoms with Crippen molar-refractivity contribution in [3.8, 4) is 0 Å². The fourth-order valence-corrected chi connectivity index (χ4v) is 2.97. The molecule has 1 unspecified atom stereocenters. The third-order valence-corrected chi connectivity index (χ3v) is 4.20. The van der Waals surface area contributed by atoms with Crippen LogP contribution in [0.2, 0.25) is 0 Å². The van der Waals surface area contributed by atoms with E-state index in [0.717, 1.165) is 38.9 Å². The highest BCUT2D eigenvalue weighted by Gasteiger charge is 2.35. The Kier molecular flexibility index (Phi) is 5.73. The predicted molar refractivity (Wildman–Crippen MR) is 68.6 cm³/mol. The highest BCUT2D eigenvalue weighted by molar-refractivity contribution is 4.92. The maximum Gasteiger partial charge on any atom is 0.0595 e. The van der Waals surface area contributed by atoms with Crippen molar-refractivity contribution < 1.29 is 4.74 Å². The maximum atomic E-state index is 6.03. The number of hydrogen-bond acceptors (Lipinski definition) is 3. The highest BCUT2D eigenvalue weighted by Crippen LogP contribution is 2.28. The van der Waals surface area contributed by atoms with E-state index in [1.54, 1.807) is 0 Å². The Morgan fingerprint density at radius 2 is 1.94 bits per heavy atom. The molecule has 0 radical (unpaired) electrons. The van der Waals surface area contributed by atoms with E-state index in [1.165, 1.54) is 12.8 Å². The SMILES string of the molecule is CCCC(CC)(CN)N1CCC(OC)CC1. The minimum atomic E-state index is 0.244. The lowest BCUT2D eigenvalue weighted by molar-refractivity contribution is -0.00710. The molecule has 3 nitrogen and oxygen atoms in total. The zero-order chi connectivity index (χ0) is 12.0. The average molecular weight is 228 g/mol. The summed E-state index contributed by atoms with van der Waals surface area (Å²) in [7, 11) is 1.82. The van der Waals surface area contributed by atoms with Gasteiger partial charge in [0.2, 0.25) is 0 Å². The number of likely N-dealkylation sites (tertiary alicyclic amines) is 1. The van der Waals surface area contributed by atoms with Crippen LogP contribution in [0.25, 0.3) is 0 Å². The van der Waals surface area contributed by atoms with Crippen LogP contribution in [-0.4, -0.2) is 43.3 Å². The van der Waals surface area contributed by atoms with Crippen LogP contribution in [0.1, 0.15) is 46.0 Å². The molecular weight excluding hydrogens is 200 g/mol. The normalized spacial score (nSPS) is 23.2. The van der Waals surface area contributed by atoms with E-state index in [0.29, 0.717) is 6.10 Å². The van der Waals surface area contributed by atoms with Crippen molar-refractivity contribution in [3.63, 3.8) is 0 Å². The van der Waals surface area contributed by atoms with Crippen molar-refractivity contribution in [2.24, 2.45) is 5.73 Å². The van der Waals surface area contributed by atoms with Crippen LogP contribution in [0.3, 0.4) is 0 Å². The van der Waals surface area contributed by atoms with Gasteiger partial charge in [0.15, 0.2) is 0 Å². The second-order valence-corrected chi connectivity index (χ2v) is 4.95. The van der Waals surface area contributed by atoms with Gasteiger partial charge in [-0.2, -0.15) is 0 Å². The average Bonchev–Trinajstić information content (AvgIpc) is 2.36. The highest BCUT2D eigenvalue weighted by atomic mass is 16.5. The summed E-state index contributed by atoms with van der Waals surface area (Å²) in [6, 6.07) is 0. The summed E-state index contributed by atoms with van der Waals surface area (Å²) in [5.74, 6) is 0. The van der Waals surface area contributed by atoms with Crippen molar-refractivity contribution in [2.45, 2.75) is 57.6 Å². The van der Waals surface area contributed by atoms with Gasteiger partial charge < -0.3 is 10.5 Å². The van der Waals surface area contributed by atoms with E-state index < -0.39 is 0 Å². The third kappa shape index (κ3) is 2.96. The number of rotatable bonds is 6. The van der Waals surface area contributed by atoms with Gasteiger partial charge in [-0.25, -0.2) is 0 Å². The molecule has 0 bridgehead atoms. The van der Waals surface area contributed by atoms with E-state index >= 15 is 0 Å². The minimum absolute atomic E-state index is 0.244. The van der Waals surface area contributed by atoms with Crippen LogP contribution in [-0.2, 0) is 4.74 Å². The summed E-state index contributed by atoms with van der Waals surface area (Å²) in [6.45, 7) is 7.59. The number of nitrogens with two attached hydrogens (primary N) is 1. The Bertz CT molecular complexity index is 184. The summed E-state index contributed by atoms with van der Waals surface area (Å²) < 4.78 is 5.42. The molecular formula is C13H28N2O. The first-order chi connectivity index (χ1) is 7.72. The quantitative estimate of drug-likeness (QED) is 0.756. The summed E-state index contributed by atoms with van der Waals surface area (Å²) in [4.78, 5) is 2.60. The Labute approximate surface area is 100 Å². The van der Waals surface area contributed by atoms with Crippen molar-refractivity contribution >= 4 is 0 Å². The molecule has 0 aromatic carbocycles. The van der Waals surface area contributed by atoms with Crippen LogP contribution in [0.4, 0.5) is 0 Å². The van der Waals surface area contributed by atoms with E-state index in [2.05, 4.69) is 18.7 Å². The number of hydrogen-bond donors (Lipinski definition) is 1. The number of methoxy groups -OCH3 is 1. The van der Waals surface area contributed by atoms with E-state index in [4.69, 9.17) is 10.5 Å². The lowest BCUT2D eigenvalue weighted by Gasteiger charge is -2.46. The van der Waals surface area contributed by atoms with Gasteiger partial charge in [-0.1, -0.05) is 20.3 Å². The Morgan fingerprint density at radius 3 is 2.31 bits per heavy atom. The Hall–Kier alpha value is -0.120. The minimum Gasteiger partial charge on any atom is -0.381 e. The molecule has 16 heavy (non-hydrogen) atoms. The second-order valence-electron chi connectivity index (χ2n) is 4.95. The van der Waals surface area contributed by atoms with Gasteiger partial charge in [-0.15, -0.1) is 0 Å². The monoisotopic (exact) mass is 228 g/mol. The van der Waals surface area contributed by atoms with Gasteiger partial charge in [-0.05, 0) is 25.7 Å². The maximum absolute atomic E-state index is 6.03. The standard InChI is InChI=1S/C13H28N2O/c1-4-8-13(5-2,11-14)15-9-6-12(16-3)7-10-15/h12H,4-11,14H2,1-3H3. The Balaban J connectivity index is 2.59. The van der Waals surface area contributed by atoms with Gasteiger partial charge >= 0.3 is 0 Å². The van der Waals surface area contributed by atoms with Crippen molar-refractivity contribution in [2.75, 3.05) is 26.7 Å². The molecule has 3 heteroatoms. The molecule has 0 saturated carbocycles. The molecule has 1 heterocycles. The molecule has 0 aliphatic carbocycles. The third-order valence-electron chi connectivity index (χ3n) is 4.20. The first-order valence-electron chi connectivity index (χ1n) is 6.70. The van der Waals surface area contributed by atoms with Gasteiger partial charge in [-0.3, -0.25) is 4.90 Å².